The average molecular weight is 295 g/mol. The molecular formula is C16H29N3O2. The summed E-state index contributed by atoms with van der Waals surface area (Å²) in [5, 5.41) is 3.69. The van der Waals surface area contributed by atoms with E-state index in [0.29, 0.717) is 11.8 Å². The molecule has 5 nitrogen and oxygen atoms in total. The molecule has 1 unspecified atom stereocenters. The first-order valence-electron chi connectivity index (χ1n) is 8.51. The van der Waals surface area contributed by atoms with E-state index in [-0.39, 0.29) is 11.7 Å². The fourth-order valence-corrected chi connectivity index (χ4v) is 4.00. The van der Waals surface area contributed by atoms with Crippen molar-refractivity contribution < 1.29 is 9.53 Å². The van der Waals surface area contributed by atoms with Crippen LogP contribution in [0.4, 0.5) is 0 Å². The molecule has 0 bridgehead atoms. The van der Waals surface area contributed by atoms with E-state index < -0.39 is 0 Å². The standard InChI is InChI=1S/C16H29N3O2/c1-13(2)14-17-16(5-3-4-6-16)15(20)19(14)8-7-18-9-11-21-12-10-18/h13-14,17H,3-12H2,1-2H3. The van der Waals surface area contributed by atoms with Gasteiger partial charge < -0.3 is 9.64 Å². The molecule has 0 aromatic heterocycles. The Morgan fingerprint density at radius 2 is 1.90 bits per heavy atom. The number of nitrogens with zero attached hydrogens (tertiary/aromatic N) is 2. The van der Waals surface area contributed by atoms with Crippen molar-refractivity contribution in [3.05, 3.63) is 0 Å². The Morgan fingerprint density at radius 1 is 1.24 bits per heavy atom. The van der Waals surface area contributed by atoms with Crippen molar-refractivity contribution in [3.8, 4) is 0 Å². The second kappa shape index (κ2) is 6.23. The second-order valence-electron chi connectivity index (χ2n) is 7.07. The van der Waals surface area contributed by atoms with Crippen molar-refractivity contribution in [2.45, 2.75) is 51.2 Å². The van der Waals surface area contributed by atoms with E-state index in [1.54, 1.807) is 0 Å². The summed E-state index contributed by atoms with van der Waals surface area (Å²) in [4.78, 5) is 17.5. The van der Waals surface area contributed by atoms with E-state index in [0.717, 1.165) is 52.2 Å². The Morgan fingerprint density at radius 3 is 2.52 bits per heavy atom. The van der Waals surface area contributed by atoms with E-state index >= 15 is 0 Å². The van der Waals surface area contributed by atoms with Gasteiger partial charge in [-0.1, -0.05) is 26.7 Å². The maximum Gasteiger partial charge on any atom is 0.244 e. The Labute approximate surface area is 128 Å². The number of carbonyl (C=O) groups excluding carboxylic acids is 1. The summed E-state index contributed by atoms with van der Waals surface area (Å²) < 4.78 is 5.39. The summed E-state index contributed by atoms with van der Waals surface area (Å²) in [5.41, 5.74) is -0.236. The summed E-state index contributed by atoms with van der Waals surface area (Å²) in [5.74, 6) is 0.811. The molecule has 120 valence electrons. The number of amides is 1. The fourth-order valence-electron chi connectivity index (χ4n) is 4.00. The molecular weight excluding hydrogens is 266 g/mol. The molecule has 0 radical (unpaired) electrons. The highest BCUT2D eigenvalue weighted by molar-refractivity contribution is 5.89. The van der Waals surface area contributed by atoms with Gasteiger partial charge in [0.1, 0.15) is 0 Å². The number of nitrogens with one attached hydrogen (secondary N) is 1. The van der Waals surface area contributed by atoms with Crippen LogP contribution in [-0.2, 0) is 9.53 Å². The van der Waals surface area contributed by atoms with E-state index in [4.69, 9.17) is 4.74 Å². The van der Waals surface area contributed by atoms with Gasteiger partial charge in [-0.05, 0) is 18.8 Å². The summed E-state index contributed by atoms with van der Waals surface area (Å²) in [7, 11) is 0. The van der Waals surface area contributed by atoms with Gasteiger partial charge in [0.05, 0.1) is 24.9 Å². The summed E-state index contributed by atoms with van der Waals surface area (Å²) in [6, 6.07) is 0. The monoisotopic (exact) mass is 295 g/mol. The van der Waals surface area contributed by atoms with Gasteiger partial charge in [0.2, 0.25) is 5.91 Å². The lowest BCUT2D eigenvalue weighted by Crippen LogP contribution is -2.47. The number of morpholine rings is 1. The molecule has 1 amide bonds. The van der Waals surface area contributed by atoms with E-state index in [2.05, 4.69) is 29.0 Å². The quantitative estimate of drug-likeness (QED) is 0.842. The predicted molar refractivity (Wildman–Crippen MR) is 81.9 cm³/mol. The lowest BCUT2D eigenvalue weighted by Gasteiger charge is -2.31. The van der Waals surface area contributed by atoms with Gasteiger partial charge in [-0.2, -0.15) is 0 Å². The minimum Gasteiger partial charge on any atom is -0.379 e. The van der Waals surface area contributed by atoms with Crippen LogP contribution in [0.1, 0.15) is 39.5 Å². The van der Waals surface area contributed by atoms with Gasteiger partial charge >= 0.3 is 0 Å². The zero-order chi connectivity index (χ0) is 14.9. The SMILES string of the molecule is CC(C)C1NC2(CCCC2)C(=O)N1CCN1CCOCC1. The molecule has 1 saturated carbocycles. The largest absolute Gasteiger partial charge is 0.379 e. The van der Waals surface area contributed by atoms with Crippen molar-refractivity contribution in [3.63, 3.8) is 0 Å². The second-order valence-corrected chi connectivity index (χ2v) is 7.07. The molecule has 3 rings (SSSR count). The Bertz CT molecular complexity index is 374. The van der Waals surface area contributed by atoms with Gasteiger partial charge in [-0.25, -0.2) is 0 Å². The molecule has 21 heavy (non-hydrogen) atoms. The summed E-state index contributed by atoms with van der Waals surface area (Å²) in [6.45, 7) is 9.86. The molecule has 1 N–H and O–H groups in total. The minimum atomic E-state index is -0.236. The average Bonchev–Trinajstić information content (AvgIpc) is 3.06. The van der Waals surface area contributed by atoms with Crippen LogP contribution in [0.5, 0.6) is 0 Å². The molecule has 3 fully saturated rings. The molecule has 3 aliphatic rings. The van der Waals surface area contributed by atoms with Crippen molar-refractivity contribution in [2.75, 3.05) is 39.4 Å². The van der Waals surface area contributed by atoms with Crippen molar-refractivity contribution >= 4 is 5.91 Å². The van der Waals surface area contributed by atoms with Gasteiger partial charge in [0.25, 0.3) is 0 Å². The summed E-state index contributed by atoms with van der Waals surface area (Å²) >= 11 is 0. The molecule has 0 aromatic carbocycles. The van der Waals surface area contributed by atoms with E-state index in [9.17, 15) is 4.79 Å². The normalized spacial score (nSPS) is 30.0. The zero-order valence-electron chi connectivity index (χ0n) is 13.4. The van der Waals surface area contributed by atoms with Crippen molar-refractivity contribution in [2.24, 2.45) is 5.92 Å². The smallest absolute Gasteiger partial charge is 0.244 e. The fraction of sp³-hybridized carbons (Fsp3) is 0.938. The third-order valence-corrected chi connectivity index (χ3v) is 5.28. The van der Waals surface area contributed by atoms with Gasteiger partial charge in [-0.15, -0.1) is 0 Å². The number of rotatable bonds is 4. The first-order valence-corrected chi connectivity index (χ1v) is 8.51. The number of carbonyl (C=O) groups is 1. The Kier molecular flexibility index (Phi) is 4.52. The molecule has 0 aromatic rings. The highest BCUT2D eigenvalue weighted by atomic mass is 16.5. The van der Waals surface area contributed by atoms with Crippen LogP contribution >= 0.6 is 0 Å². The van der Waals surface area contributed by atoms with E-state index in [1.165, 1.54) is 12.8 Å². The van der Waals surface area contributed by atoms with E-state index in [1.807, 2.05) is 0 Å². The van der Waals surface area contributed by atoms with Crippen LogP contribution < -0.4 is 5.32 Å². The van der Waals surface area contributed by atoms with Gasteiger partial charge in [0.15, 0.2) is 0 Å². The lowest BCUT2D eigenvalue weighted by molar-refractivity contribution is -0.133. The third kappa shape index (κ3) is 2.96. The van der Waals surface area contributed by atoms with Crippen molar-refractivity contribution in [1.29, 1.82) is 0 Å². The van der Waals surface area contributed by atoms with Crippen molar-refractivity contribution in [1.82, 2.24) is 15.1 Å². The third-order valence-electron chi connectivity index (χ3n) is 5.28. The molecule has 2 heterocycles. The molecule has 1 spiro atoms. The van der Waals surface area contributed by atoms with Crippen LogP contribution in [0.3, 0.4) is 0 Å². The Balaban J connectivity index is 1.64. The van der Waals surface area contributed by atoms with Gasteiger partial charge in [0, 0.05) is 26.2 Å². The summed E-state index contributed by atoms with van der Waals surface area (Å²) in [6.07, 6.45) is 4.60. The lowest BCUT2D eigenvalue weighted by atomic mass is 9.98. The van der Waals surface area contributed by atoms with Gasteiger partial charge in [-0.3, -0.25) is 15.0 Å². The zero-order valence-corrected chi connectivity index (χ0v) is 13.4. The molecule has 2 aliphatic heterocycles. The number of hydrogen-bond acceptors (Lipinski definition) is 4. The maximum absolute atomic E-state index is 12.9. The molecule has 2 saturated heterocycles. The first-order chi connectivity index (χ1) is 10.1. The number of ether oxygens (including phenoxy) is 1. The maximum atomic E-state index is 12.9. The van der Waals surface area contributed by atoms with Crippen LogP contribution in [0, 0.1) is 5.92 Å². The molecule has 1 atom stereocenters. The molecule has 1 aliphatic carbocycles. The van der Waals surface area contributed by atoms with Crippen LogP contribution in [0.25, 0.3) is 0 Å². The predicted octanol–water partition coefficient (Wildman–Crippen LogP) is 1.05. The van der Waals surface area contributed by atoms with Crippen LogP contribution in [-0.4, -0.2) is 66.8 Å². The topological polar surface area (TPSA) is 44.8 Å². The number of hydrogen-bond donors (Lipinski definition) is 1. The first kappa shape index (κ1) is 15.3. The molecule has 5 heteroatoms. The highest BCUT2D eigenvalue weighted by Crippen LogP contribution is 2.37. The van der Waals surface area contributed by atoms with Crippen LogP contribution in [0.15, 0.2) is 0 Å². The Hall–Kier alpha value is -0.650. The van der Waals surface area contributed by atoms with Crippen LogP contribution in [0.2, 0.25) is 0 Å². The minimum absolute atomic E-state index is 0.205. The highest BCUT2D eigenvalue weighted by Gasteiger charge is 2.52.